The van der Waals surface area contributed by atoms with Crippen molar-refractivity contribution in [2.45, 2.75) is 32.2 Å². The number of benzene rings is 1. The van der Waals surface area contributed by atoms with Crippen molar-refractivity contribution in [3.8, 4) is 0 Å². The minimum absolute atomic E-state index is 0.211. The Morgan fingerprint density at radius 3 is 2.81 bits per heavy atom. The van der Waals surface area contributed by atoms with Gasteiger partial charge in [0.2, 0.25) is 10.0 Å². The Morgan fingerprint density at radius 2 is 2.10 bits per heavy atom. The average Bonchev–Trinajstić information content (AvgIpc) is 3.08. The molecule has 0 amide bonds. The fraction of sp³-hybridized carbons (Fsp3) is 0.261. The zero-order valence-electron chi connectivity index (χ0n) is 17.5. The van der Waals surface area contributed by atoms with Crippen molar-refractivity contribution in [2.75, 3.05) is 5.75 Å². The second kappa shape index (κ2) is 10.7. The molecule has 0 bridgehead atoms. The summed E-state index contributed by atoms with van der Waals surface area (Å²) in [4.78, 5) is 0. The molecule has 1 aromatic heterocycles. The molecular weight excluding hydrogens is 430 g/mol. The lowest BCUT2D eigenvalue weighted by Gasteiger charge is -2.14. The molecule has 8 heteroatoms. The van der Waals surface area contributed by atoms with Crippen LogP contribution in [0, 0.1) is 0 Å². The third-order valence-electron chi connectivity index (χ3n) is 4.84. The molecule has 0 aliphatic carbocycles. The molecule has 1 unspecified atom stereocenters. The normalized spacial score (nSPS) is 17.3. The summed E-state index contributed by atoms with van der Waals surface area (Å²) < 4.78 is 41.5. The van der Waals surface area contributed by atoms with Crippen molar-refractivity contribution in [3.05, 3.63) is 94.7 Å². The second-order valence-electron chi connectivity index (χ2n) is 7.14. The molecule has 1 aliphatic heterocycles. The minimum atomic E-state index is -3.64. The maximum absolute atomic E-state index is 12.4. The number of hydrogen-bond acceptors (Lipinski definition) is 4. The molecule has 1 aliphatic rings. The zero-order valence-corrected chi connectivity index (χ0v) is 19.2. The van der Waals surface area contributed by atoms with Crippen molar-refractivity contribution in [1.29, 1.82) is 0 Å². The number of rotatable bonds is 9. The van der Waals surface area contributed by atoms with Crippen LogP contribution in [0.1, 0.15) is 29.4 Å². The van der Waals surface area contributed by atoms with Crippen LogP contribution >= 0.6 is 0 Å². The van der Waals surface area contributed by atoms with Gasteiger partial charge in [-0.3, -0.25) is 8.89 Å². The first-order valence-electron chi connectivity index (χ1n) is 10.0. The maximum atomic E-state index is 12.4. The fourth-order valence-corrected chi connectivity index (χ4v) is 5.36. The van der Waals surface area contributed by atoms with Gasteiger partial charge >= 0.3 is 0 Å². The quantitative estimate of drug-likeness (QED) is 0.585. The van der Waals surface area contributed by atoms with Crippen LogP contribution in [0.25, 0.3) is 6.08 Å². The molecule has 0 saturated heterocycles. The topological polar surface area (TPSA) is 81.1 Å². The molecular formula is C23H27N3O3S2. The van der Waals surface area contributed by atoms with E-state index in [1.807, 2.05) is 60.2 Å². The number of hydrogen-bond donors (Lipinski definition) is 1. The molecule has 0 saturated carbocycles. The highest BCUT2D eigenvalue weighted by molar-refractivity contribution is 7.92. The monoisotopic (exact) mass is 457 g/mol. The van der Waals surface area contributed by atoms with E-state index in [4.69, 9.17) is 0 Å². The molecule has 0 spiro atoms. The van der Waals surface area contributed by atoms with Gasteiger partial charge < -0.3 is 0 Å². The highest BCUT2D eigenvalue weighted by Crippen LogP contribution is 2.24. The first-order chi connectivity index (χ1) is 14.9. The van der Waals surface area contributed by atoms with E-state index in [9.17, 15) is 12.6 Å². The second-order valence-corrected chi connectivity index (χ2v) is 10.4. The Bertz CT molecular complexity index is 1140. The number of allylic oxidation sites excluding steroid dienone is 5. The number of fused-ring (bicyclic) bond motifs is 1. The summed E-state index contributed by atoms with van der Waals surface area (Å²) >= 11 is 0. The van der Waals surface area contributed by atoms with Gasteiger partial charge in [-0.1, -0.05) is 61.2 Å². The molecule has 31 heavy (non-hydrogen) atoms. The predicted octanol–water partition coefficient (Wildman–Crippen LogP) is 3.47. The Kier molecular flexibility index (Phi) is 7.95. The fourth-order valence-electron chi connectivity index (χ4n) is 3.38. The molecule has 0 fully saturated rings. The zero-order chi connectivity index (χ0) is 22.3. The number of nitrogens with zero attached hydrogens (tertiary/aromatic N) is 2. The van der Waals surface area contributed by atoms with E-state index in [1.54, 1.807) is 6.08 Å². The molecule has 2 heterocycles. The number of nitrogens with one attached hydrogen (secondary N) is 1. The Hall–Kier alpha value is -2.55. The van der Waals surface area contributed by atoms with E-state index in [-0.39, 0.29) is 6.54 Å². The van der Waals surface area contributed by atoms with Crippen molar-refractivity contribution < 1.29 is 12.6 Å². The Morgan fingerprint density at radius 1 is 1.32 bits per heavy atom. The van der Waals surface area contributed by atoms with Gasteiger partial charge in [0, 0.05) is 46.2 Å². The van der Waals surface area contributed by atoms with Gasteiger partial charge in [-0.05, 0) is 24.1 Å². The Balaban J connectivity index is 1.84. The van der Waals surface area contributed by atoms with Gasteiger partial charge in [0.1, 0.15) is 0 Å². The third kappa shape index (κ3) is 6.46. The largest absolute Gasteiger partial charge is 0.264 e. The minimum Gasteiger partial charge on any atom is -0.264 e. The van der Waals surface area contributed by atoms with Gasteiger partial charge in [-0.15, -0.1) is 0 Å². The number of sulfonamides is 1. The molecule has 1 N–H and O–H groups in total. The predicted molar refractivity (Wildman–Crippen MR) is 127 cm³/mol. The summed E-state index contributed by atoms with van der Waals surface area (Å²) in [6.07, 6.45) is 9.74. The lowest BCUT2D eigenvalue weighted by Crippen LogP contribution is -2.20. The van der Waals surface area contributed by atoms with E-state index in [0.717, 1.165) is 27.8 Å². The molecule has 2 aromatic rings. The van der Waals surface area contributed by atoms with Crippen LogP contribution < -0.4 is 4.72 Å². The van der Waals surface area contributed by atoms with Gasteiger partial charge in [0.25, 0.3) is 0 Å². The van der Waals surface area contributed by atoms with Gasteiger partial charge in [-0.25, -0.2) is 13.1 Å². The SMILES string of the molecule is C=C/C=C(\C=C/C)Cn1nc(/C=C/S(=O)(=O)NCc2ccccc2)c2c1CCS(=O)C2. The van der Waals surface area contributed by atoms with Crippen LogP contribution in [0.15, 0.2) is 72.2 Å². The Labute approximate surface area is 186 Å². The van der Waals surface area contributed by atoms with E-state index in [0.29, 0.717) is 30.2 Å². The molecule has 6 nitrogen and oxygen atoms in total. The molecule has 3 rings (SSSR count). The first kappa shape index (κ1) is 23.1. The lowest BCUT2D eigenvalue weighted by atomic mass is 10.1. The van der Waals surface area contributed by atoms with Crippen molar-refractivity contribution in [1.82, 2.24) is 14.5 Å². The van der Waals surface area contributed by atoms with E-state index >= 15 is 0 Å². The van der Waals surface area contributed by atoms with Crippen LogP contribution in [0.4, 0.5) is 0 Å². The maximum Gasteiger partial charge on any atom is 0.234 e. The van der Waals surface area contributed by atoms with Crippen LogP contribution in [0.2, 0.25) is 0 Å². The smallest absolute Gasteiger partial charge is 0.234 e. The van der Waals surface area contributed by atoms with Crippen LogP contribution in [-0.2, 0) is 46.1 Å². The third-order valence-corrected chi connectivity index (χ3v) is 7.15. The van der Waals surface area contributed by atoms with E-state index in [2.05, 4.69) is 16.4 Å². The van der Waals surface area contributed by atoms with Gasteiger partial charge in [0.05, 0.1) is 18.0 Å². The summed E-state index contributed by atoms with van der Waals surface area (Å²) in [5.41, 5.74) is 4.32. The highest BCUT2D eigenvalue weighted by Gasteiger charge is 2.23. The van der Waals surface area contributed by atoms with Crippen LogP contribution in [-0.4, -0.2) is 28.2 Å². The van der Waals surface area contributed by atoms with Gasteiger partial charge in [0.15, 0.2) is 0 Å². The molecule has 1 aromatic carbocycles. The summed E-state index contributed by atoms with van der Waals surface area (Å²) in [6.45, 7) is 6.45. The van der Waals surface area contributed by atoms with Crippen molar-refractivity contribution >= 4 is 26.9 Å². The van der Waals surface area contributed by atoms with Crippen molar-refractivity contribution in [3.63, 3.8) is 0 Å². The highest BCUT2D eigenvalue weighted by atomic mass is 32.2. The van der Waals surface area contributed by atoms with Crippen molar-refractivity contribution in [2.24, 2.45) is 0 Å². The van der Waals surface area contributed by atoms with Gasteiger partial charge in [-0.2, -0.15) is 5.10 Å². The van der Waals surface area contributed by atoms with Crippen LogP contribution in [0.5, 0.6) is 0 Å². The summed E-state index contributed by atoms with van der Waals surface area (Å²) in [6, 6.07) is 9.33. The van der Waals surface area contributed by atoms with E-state index < -0.39 is 20.8 Å². The summed E-state index contributed by atoms with van der Waals surface area (Å²) in [5.74, 6) is 0.972. The molecule has 164 valence electrons. The summed E-state index contributed by atoms with van der Waals surface area (Å²) in [7, 11) is -4.61. The molecule has 1 atom stereocenters. The van der Waals surface area contributed by atoms with E-state index in [1.165, 1.54) is 6.08 Å². The molecule has 0 radical (unpaired) electrons. The standard InChI is InChI=1S/C23H27N3O3S2/c1-3-8-20(9-4-2)17-26-23-12-14-30(27)18-21(23)22(25-26)13-15-31(28,29)24-16-19-10-6-5-7-11-19/h3-11,13,15,24H,1,12,14,16-18H2,2H3/b9-4-,15-13+,20-8+. The first-order valence-corrected chi connectivity index (χ1v) is 13.0. The average molecular weight is 458 g/mol. The lowest BCUT2D eigenvalue weighted by molar-refractivity contribution is 0.590. The number of aromatic nitrogens is 2. The van der Waals surface area contributed by atoms with Crippen LogP contribution in [0.3, 0.4) is 0 Å². The summed E-state index contributed by atoms with van der Waals surface area (Å²) in [5, 5.41) is 5.78.